The Morgan fingerprint density at radius 3 is 1.98 bits per heavy atom. The highest BCUT2D eigenvalue weighted by molar-refractivity contribution is 8.00. The second kappa shape index (κ2) is 13.9. The summed E-state index contributed by atoms with van der Waals surface area (Å²) in [6.45, 7) is 1.48. The van der Waals surface area contributed by atoms with E-state index in [1.807, 2.05) is 0 Å². The predicted octanol–water partition coefficient (Wildman–Crippen LogP) is 6.17. The number of benzene rings is 4. The number of carbonyl (C=O) groups is 4. The van der Waals surface area contributed by atoms with Crippen LogP contribution in [0.3, 0.4) is 0 Å². The Hall–Kier alpha value is -5.02. The Morgan fingerprint density at radius 1 is 0.732 bits per heavy atom. The van der Waals surface area contributed by atoms with E-state index in [0.717, 1.165) is 4.90 Å². The van der Waals surface area contributed by atoms with Crippen LogP contribution in [0.5, 0.6) is 0 Å². The third-order valence-corrected chi connectivity index (χ3v) is 6.78. The van der Waals surface area contributed by atoms with Gasteiger partial charge in [0.05, 0.1) is 5.75 Å². The van der Waals surface area contributed by atoms with Crippen molar-refractivity contribution in [1.29, 1.82) is 0 Å². The maximum Gasteiger partial charge on any atom is 0.272 e. The first-order chi connectivity index (χ1) is 19.8. The van der Waals surface area contributed by atoms with Gasteiger partial charge in [0.1, 0.15) is 11.5 Å². The van der Waals surface area contributed by atoms with Crippen molar-refractivity contribution in [3.63, 3.8) is 0 Å². The zero-order chi connectivity index (χ0) is 29.2. The molecule has 3 N–H and O–H groups in total. The molecule has 206 valence electrons. The summed E-state index contributed by atoms with van der Waals surface area (Å²) in [6, 6.07) is 27.6. The van der Waals surface area contributed by atoms with Gasteiger partial charge in [-0.2, -0.15) is 0 Å². The summed E-state index contributed by atoms with van der Waals surface area (Å²) in [6.07, 6.45) is 1.46. The topological polar surface area (TPSA) is 104 Å². The highest BCUT2D eigenvalue weighted by Crippen LogP contribution is 2.21. The molecule has 0 spiro atoms. The SMILES string of the molecule is CC(=O)c1ccc(NC(=O)CSc2ccc(NC(=O)/C(=C/c3ccc(F)cc3)NC(=O)c3ccccc3)cc2)cc1. The molecule has 4 aromatic rings. The van der Waals surface area contributed by atoms with Crippen molar-refractivity contribution in [2.24, 2.45) is 0 Å². The van der Waals surface area contributed by atoms with Gasteiger partial charge in [0, 0.05) is 27.4 Å². The summed E-state index contributed by atoms with van der Waals surface area (Å²) >= 11 is 1.32. The number of thioether (sulfide) groups is 1. The summed E-state index contributed by atoms with van der Waals surface area (Å²) in [5, 5.41) is 8.19. The molecule has 0 atom stereocenters. The summed E-state index contributed by atoms with van der Waals surface area (Å²) in [5.74, 6) is -1.53. The normalized spacial score (nSPS) is 10.9. The number of halogens is 1. The van der Waals surface area contributed by atoms with Crippen LogP contribution in [0.1, 0.15) is 33.2 Å². The van der Waals surface area contributed by atoms with Crippen LogP contribution in [0.25, 0.3) is 6.08 Å². The fourth-order valence-electron chi connectivity index (χ4n) is 3.64. The van der Waals surface area contributed by atoms with Crippen molar-refractivity contribution < 1.29 is 23.6 Å². The van der Waals surface area contributed by atoms with E-state index in [4.69, 9.17) is 0 Å². The zero-order valence-corrected chi connectivity index (χ0v) is 22.8. The Kier molecular flexibility index (Phi) is 9.80. The average Bonchev–Trinajstić information content (AvgIpc) is 2.98. The molecule has 0 radical (unpaired) electrons. The van der Waals surface area contributed by atoms with Crippen LogP contribution in [0, 0.1) is 5.82 Å². The van der Waals surface area contributed by atoms with Crippen molar-refractivity contribution in [2.45, 2.75) is 11.8 Å². The van der Waals surface area contributed by atoms with Crippen molar-refractivity contribution in [3.05, 3.63) is 131 Å². The molecular weight excluding hydrogens is 541 g/mol. The molecule has 0 fully saturated rings. The minimum Gasteiger partial charge on any atom is -0.325 e. The first kappa shape index (κ1) is 29.0. The minimum absolute atomic E-state index is 0.0167. The van der Waals surface area contributed by atoms with Crippen molar-refractivity contribution in [2.75, 3.05) is 16.4 Å². The van der Waals surface area contributed by atoms with E-state index in [-0.39, 0.29) is 23.1 Å². The van der Waals surface area contributed by atoms with E-state index < -0.39 is 17.6 Å². The molecule has 0 aliphatic rings. The van der Waals surface area contributed by atoms with Crippen LogP contribution in [-0.2, 0) is 9.59 Å². The standard InChI is InChI=1S/C32H26FN3O4S/c1-21(37)23-9-13-26(14-10-23)34-30(38)20-41-28-17-15-27(16-18-28)35-32(40)29(19-22-7-11-25(33)12-8-22)36-31(39)24-5-3-2-4-6-24/h2-19H,20H2,1H3,(H,34,38)(H,35,40)(H,36,39)/b29-19-. The lowest BCUT2D eigenvalue weighted by molar-refractivity contribution is -0.114. The lowest BCUT2D eigenvalue weighted by atomic mass is 10.1. The fourth-order valence-corrected chi connectivity index (χ4v) is 4.33. The van der Waals surface area contributed by atoms with Crippen LogP contribution >= 0.6 is 11.8 Å². The molecule has 7 nitrogen and oxygen atoms in total. The molecule has 0 saturated carbocycles. The first-order valence-electron chi connectivity index (χ1n) is 12.6. The maximum absolute atomic E-state index is 13.4. The van der Waals surface area contributed by atoms with E-state index in [0.29, 0.717) is 28.1 Å². The Bertz CT molecular complexity index is 1570. The third-order valence-electron chi connectivity index (χ3n) is 5.77. The van der Waals surface area contributed by atoms with Crippen LogP contribution in [-0.4, -0.2) is 29.3 Å². The number of nitrogens with one attached hydrogen (secondary N) is 3. The van der Waals surface area contributed by atoms with Crippen LogP contribution in [0.2, 0.25) is 0 Å². The predicted molar refractivity (Wildman–Crippen MR) is 159 cm³/mol. The number of ketones is 1. The van der Waals surface area contributed by atoms with Gasteiger partial charge in [-0.05, 0) is 91.4 Å². The van der Waals surface area contributed by atoms with Crippen LogP contribution in [0.15, 0.2) is 114 Å². The number of anilines is 2. The summed E-state index contributed by atoms with van der Waals surface area (Å²) in [7, 11) is 0. The van der Waals surface area contributed by atoms with E-state index >= 15 is 0 Å². The van der Waals surface area contributed by atoms with Gasteiger partial charge in [-0.25, -0.2) is 4.39 Å². The molecule has 0 heterocycles. The largest absolute Gasteiger partial charge is 0.325 e. The lowest BCUT2D eigenvalue weighted by Gasteiger charge is -2.12. The number of hydrogen-bond acceptors (Lipinski definition) is 5. The molecule has 0 saturated heterocycles. The highest BCUT2D eigenvalue weighted by Gasteiger charge is 2.15. The maximum atomic E-state index is 13.4. The molecule has 0 aliphatic heterocycles. The summed E-state index contributed by atoms with van der Waals surface area (Å²) in [5.41, 5.74) is 2.54. The Balaban J connectivity index is 1.37. The molecule has 4 aromatic carbocycles. The van der Waals surface area contributed by atoms with E-state index in [2.05, 4.69) is 16.0 Å². The molecule has 9 heteroatoms. The van der Waals surface area contributed by atoms with Gasteiger partial charge in [-0.3, -0.25) is 19.2 Å². The monoisotopic (exact) mass is 567 g/mol. The van der Waals surface area contributed by atoms with E-state index in [1.54, 1.807) is 78.9 Å². The lowest BCUT2D eigenvalue weighted by Crippen LogP contribution is -2.30. The Morgan fingerprint density at radius 2 is 1.34 bits per heavy atom. The van der Waals surface area contributed by atoms with Gasteiger partial charge in [-0.15, -0.1) is 11.8 Å². The molecule has 0 unspecified atom stereocenters. The third kappa shape index (κ3) is 8.74. The smallest absolute Gasteiger partial charge is 0.272 e. The molecule has 0 aromatic heterocycles. The number of rotatable bonds is 10. The van der Waals surface area contributed by atoms with Gasteiger partial charge in [-0.1, -0.05) is 30.3 Å². The molecule has 0 bridgehead atoms. The average molecular weight is 568 g/mol. The van der Waals surface area contributed by atoms with E-state index in [9.17, 15) is 23.6 Å². The van der Waals surface area contributed by atoms with Gasteiger partial charge in [0.25, 0.3) is 11.8 Å². The molecular formula is C32H26FN3O4S. The summed E-state index contributed by atoms with van der Waals surface area (Å²) in [4.78, 5) is 50.4. The van der Waals surface area contributed by atoms with Gasteiger partial charge < -0.3 is 16.0 Å². The molecule has 0 aliphatic carbocycles. The number of Topliss-reactive ketones (excluding diaryl/α,β-unsaturated/α-hetero) is 1. The van der Waals surface area contributed by atoms with E-state index in [1.165, 1.54) is 49.0 Å². The number of amides is 3. The molecule has 41 heavy (non-hydrogen) atoms. The first-order valence-corrected chi connectivity index (χ1v) is 13.5. The second-order valence-corrected chi connectivity index (χ2v) is 9.93. The minimum atomic E-state index is -0.561. The quantitative estimate of drug-likeness (QED) is 0.121. The van der Waals surface area contributed by atoms with Crippen molar-refractivity contribution in [1.82, 2.24) is 5.32 Å². The number of carbonyl (C=O) groups excluding carboxylic acids is 4. The Labute approximate surface area is 240 Å². The summed E-state index contributed by atoms with van der Waals surface area (Å²) < 4.78 is 13.4. The van der Waals surface area contributed by atoms with Crippen LogP contribution in [0.4, 0.5) is 15.8 Å². The molecule has 4 rings (SSSR count). The fraction of sp³-hybridized carbons (Fsp3) is 0.0625. The zero-order valence-electron chi connectivity index (χ0n) is 22.0. The van der Waals surface area contributed by atoms with Crippen molar-refractivity contribution >= 4 is 52.7 Å². The van der Waals surface area contributed by atoms with Gasteiger partial charge in [0.15, 0.2) is 5.78 Å². The number of hydrogen-bond donors (Lipinski definition) is 3. The second-order valence-electron chi connectivity index (χ2n) is 8.88. The van der Waals surface area contributed by atoms with Gasteiger partial charge in [0.2, 0.25) is 5.91 Å². The van der Waals surface area contributed by atoms with Crippen molar-refractivity contribution in [3.8, 4) is 0 Å². The van der Waals surface area contributed by atoms with Crippen LogP contribution < -0.4 is 16.0 Å². The highest BCUT2D eigenvalue weighted by atomic mass is 32.2. The van der Waals surface area contributed by atoms with Gasteiger partial charge >= 0.3 is 0 Å². The molecule has 3 amide bonds.